The Bertz CT molecular complexity index is 885. The van der Waals surface area contributed by atoms with Gasteiger partial charge in [-0.3, -0.25) is 14.6 Å². The SMILES string of the molecule is Cc1cc2cc(CNC(=O)c3cccnc3)ccc2[nH]c1=O. The summed E-state index contributed by atoms with van der Waals surface area (Å²) in [6.07, 6.45) is 3.16. The highest BCUT2D eigenvalue weighted by molar-refractivity contribution is 5.93. The number of aromatic nitrogens is 2. The predicted octanol–water partition coefficient (Wildman–Crippen LogP) is 2.16. The number of nitrogens with one attached hydrogen (secondary N) is 2. The third kappa shape index (κ3) is 2.88. The van der Waals surface area contributed by atoms with Gasteiger partial charge in [-0.05, 0) is 48.2 Å². The zero-order valence-electron chi connectivity index (χ0n) is 12.1. The first-order valence-corrected chi connectivity index (χ1v) is 6.94. The van der Waals surface area contributed by atoms with E-state index < -0.39 is 0 Å². The molecule has 22 heavy (non-hydrogen) atoms. The van der Waals surface area contributed by atoms with E-state index >= 15 is 0 Å². The number of H-pyrrole nitrogens is 1. The van der Waals surface area contributed by atoms with Gasteiger partial charge in [0.1, 0.15) is 0 Å². The predicted molar refractivity (Wildman–Crippen MR) is 84.7 cm³/mol. The molecule has 0 fully saturated rings. The van der Waals surface area contributed by atoms with Crippen molar-refractivity contribution in [3.05, 3.63) is 75.8 Å². The Labute approximate surface area is 127 Å². The number of hydrogen-bond donors (Lipinski definition) is 2. The normalized spacial score (nSPS) is 10.6. The summed E-state index contributed by atoms with van der Waals surface area (Å²) in [7, 11) is 0. The number of aromatic amines is 1. The minimum Gasteiger partial charge on any atom is -0.348 e. The molecule has 0 saturated heterocycles. The maximum atomic E-state index is 12.0. The second-order valence-corrected chi connectivity index (χ2v) is 5.13. The van der Waals surface area contributed by atoms with E-state index in [-0.39, 0.29) is 11.5 Å². The van der Waals surface area contributed by atoms with Crippen molar-refractivity contribution in [2.45, 2.75) is 13.5 Å². The van der Waals surface area contributed by atoms with E-state index in [1.54, 1.807) is 25.3 Å². The van der Waals surface area contributed by atoms with Crippen LogP contribution in [0.15, 0.2) is 53.6 Å². The van der Waals surface area contributed by atoms with Crippen molar-refractivity contribution < 1.29 is 4.79 Å². The molecular weight excluding hydrogens is 278 g/mol. The molecule has 0 aliphatic heterocycles. The number of benzene rings is 1. The van der Waals surface area contributed by atoms with Crippen molar-refractivity contribution in [2.24, 2.45) is 0 Å². The number of fused-ring (bicyclic) bond motifs is 1. The lowest BCUT2D eigenvalue weighted by Crippen LogP contribution is -2.22. The minimum atomic E-state index is -0.161. The van der Waals surface area contributed by atoms with Crippen LogP contribution < -0.4 is 10.9 Å². The number of hydrogen-bond acceptors (Lipinski definition) is 3. The molecule has 2 aromatic heterocycles. The summed E-state index contributed by atoms with van der Waals surface area (Å²) in [5.41, 5.74) is 2.88. The van der Waals surface area contributed by atoms with E-state index in [1.165, 1.54) is 6.20 Å². The number of nitrogens with zero attached hydrogens (tertiary/aromatic N) is 1. The average Bonchev–Trinajstić information content (AvgIpc) is 2.54. The van der Waals surface area contributed by atoms with Crippen LogP contribution in [-0.4, -0.2) is 15.9 Å². The maximum Gasteiger partial charge on any atom is 0.253 e. The lowest BCUT2D eigenvalue weighted by atomic mass is 10.1. The molecule has 1 aromatic carbocycles. The first kappa shape index (κ1) is 14.0. The summed E-state index contributed by atoms with van der Waals surface area (Å²) in [5.74, 6) is -0.161. The molecule has 0 radical (unpaired) electrons. The molecule has 3 rings (SSSR count). The summed E-state index contributed by atoms with van der Waals surface area (Å²) in [6, 6.07) is 11.0. The molecule has 3 aromatic rings. The van der Waals surface area contributed by atoms with Gasteiger partial charge in [0, 0.05) is 30.0 Å². The molecule has 5 nitrogen and oxygen atoms in total. The Hall–Kier alpha value is -2.95. The van der Waals surface area contributed by atoms with Crippen molar-refractivity contribution in [3.63, 3.8) is 0 Å². The highest BCUT2D eigenvalue weighted by atomic mass is 16.1. The summed E-state index contributed by atoms with van der Waals surface area (Å²) in [6.45, 7) is 2.19. The molecule has 0 saturated carbocycles. The highest BCUT2D eigenvalue weighted by Crippen LogP contribution is 2.13. The quantitative estimate of drug-likeness (QED) is 0.777. The zero-order chi connectivity index (χ0) is 15.5. The van der Waals surface area contributed by atoms with Crippen LogP contribution in [0.3, 0.4) is 0 Å². The molecule has 1 amide bonds. The fourth-order valence-electron chi connectivity index (χ4n) is 2.26. The minimum absolute atomic E-state index is 0.0786. The smallest absolute Gasteiger partial charge is 0.253 e. The van der Waals surface area contributed by atoms with Crippen molar-refractivity contribution in [1.29, 1.82) is 0 Å². The van der Waals surface area contributed by atoms with E-state index in [2.05, 4.69) is 15.3 Å². The van der Waals surface area contributed by atoms with Gasteiger partial charge >= 0.3 is 0 Å². The largest absolute Gasteiger partial charge is 0.348 e. The fraction of sp³-hybridized carbons (Fsp3) is 0.118. The Kier molecular flexibility index (Phi) is 3.70. The van der Waals surface area contributed by atoms with Crippen LogP contribution in [0.1, 0.15) is 21.5 Å². The third-order valence-corrected chi connectivity index (χ3v) is 3.47. The molecule has 2 heterocycles. The second kappa shape index (κ2) is 5.81. The Balaban J connectivity index is 1.78. The number of aryl methyl sites for hydroxylation is 1. The molecule has 0 aliphatic rings. The molecule has 2 N–H and O–H groups in total. The van der Waals surface area contributed by atoms with E-state index in [9.17, 15) is 9.59 Å². The molecule has 0 unspecified atom stereocenters. The van der Waals surface area contributed by atoms with Gasteiger partial charge in [-0.1, -0.05) is 6.07 Å². The van der Waals surface area contributed by atoms with Crippen molar-refractivity contribution in [3.8, 4) is 0 Å². The van der Waals surface area contributed by atoms with Crippen LogP contribution in [-0.2, 0) is 6.54 Å². The lowest BCUT2D eigenvalue weighted by molar-refractivity contribution is 0.0950. The van der Waals surface area contributed by atoms with Crippen LogP contribution in [0.5, 0.6) is 0 Å². The van der Waals surface area contributed by atoms with E-state index in [1.807, 2.05) is 24.3 Å². The molecule has 0 spiro atoms. The van der Waals surface area contributed by atoms with Crippen LogP contribution in [0.4, 0.5) is 0 Å². The van der Waals surface area contributed by atoms with Gasteiger partial charge < -0.3 is 10.3 Å². The van der Waals surface area contributed by atoms with Gasteiger partial charge in [-0.25, -0.2) is 0 Å². The molecule has 110 valence electrons. The summed E-state index contributed by atoms with van der Waals surface area (Å²) in [4.78, 5) is 30.3. The number of rotatable bonds is 3. The fourth-order valence-corrected chi connectivity index (χ4v) is 2.26. The number of amides is 1. The first-order valence-electron chi connectivity index (χ1n) is 6.94. The molecule has 0 bridgehead atoms. The Morgan fingerprint density at radius 3 is 2.91 bits per heavy atom. The maximum absolute atomic E-state index is 12.0. The Morgan fingerprint density at radius 1 is 1.27 bits per heavy atom. The average molecular weight is 293 g/mol. The van der Waals surface area contributed by atoms with Gasteiger partial charge in [-0.2, -0.15) is 0 Å². The monoisotopic (exact) mass is 293 g/mol. The van der Waals surface area contributed by atoms with Crippen LogP contribution >= 0.6 is 0 Å². The van der Waals surface area contributed by atoms with Gasteiger partial charge in [0.15, 0.2) is 0 Å². The lowest BCUT2D eigenvalue weighted by Gasteiger charge is -2.07. The summed E-state index contributed by atoms with van der Waals surface area (Å²) in [5, 5.41) is 3.80. The zero-order valence-corrected chi connectivity index (χ0v) is 12.1. The summed E-state index contributed by atoms with van der Waals surface area (Å²) >= 11 is 0. The topological polar surface area (TPSA) is 74.8 Å². The van der Waals surface area contributed by atoms with E-state index in [0.29, 0.717) is 17.7 Å². The van der Waals surface area contributed by atoms with E-state index in [0.717, 1.165) is 16.5 Å². The first-order chi connectivity index (χ1) is 10.6. The number of carbonyl (C=O) groups is 1. The van der Waals surface area contributed by atoms with Crippen LogP contribution in [0, 0.1) is 6.92 Å². The van der Waals surface area contributed by atoms with Crippen LogP contribution in [0.2, 0.25) is 0 Å². The second-order valence-electron chi connectivity index (χ2n) is 5.13. The van der Waals surface area contributed by atoms with Crippen LogP contribution in [0.25, 0.3) is 10.9 Å². The van der Waals surface area contributed by atoms with Gasteiger partial charge in [0.25, 0.3) is 11.5 Å². The molecule has 5 heteroatoms. The van der Waals surface area contributed by atoms with Crippen molar-refractivity contribution >= 4 is 16.8 Å². The third-order valence-electron chi connectivity index (χ3n) is 3.47. The van der Waals surface area contributed by atoms with Crippen molar-refractivity contribution in [1.82, 2.24) is 15.3 Å². The van der Waals surface area contributed by atoms with E-state index in [4.69, 9.17) is 0 Å². The Morgan fingerprint density at radius 2 is 2.14 bits per heavy atom. The van der Waals surface area contributed by atoms with Gasteiger partial charge in [-0.15, -0.1) is 0 Å². The van der Waals surface area contributed by atoms with Gasteiger partial charge in [0.2, 0.25) is 0 Å². The van der Waals surface area contributed by atoms with Crippen molar-refractivity contribution in [2.75, 3.05) is 0 Å². The molecular formula is C17H15N3O2. The molecule has 0 atom stereocenters. The summed E-state index contributed by atoms with van der Waals surface area (Å²) < 4.78 is 0. The number of carbonyl (C=O) groups excluding carboxylic acids is 1. The molecule has 0 aliphatic carbocycles. The highest BCUT2D eigenvalue weighted by Gasteiger charge is 2.05. The standard InChI is InChI=1S/C17H15N3O2/c1-11-7-14-8-12(4-5-15(14)20-16(11)21)9-19-17(22)13-3-2-6-18-10-13/h2-8,10H,9H2,1H3,(H,19,22)(H,20,21). The number of pyridine rings is 2. The van der Waals surface area contributed by atoms with Gasteiger partial charge in [0.05, 0.1) is 5.56 Å².